The molecule has 0 saturated heterocycles. The van der Waals surface area contributed by atoms with E-state index in [1.807, 2.05) is 25.2 Å². The second-order valence-corrected chi connectivity index (χ2v) is 4.95. The Hall–Kier alpha value is -1.62. The molecule has 0 spiro atoms. The summed E-state index contributed by atoms with van der Waals surface area (Å²) in [6, 6.07) is 8.30. The third-order valence-corrected chi connectivity index (χ3v) is 3.83. The summed E-state index contributed by atoms with van der Waals surface area (Å²) < 4.78 is 4.42. The molecule has 5 heteroatoms. The van der Waals surface area contributed by atoms with Crippen LogP contribution in [0.15, 0.2) is 24.3 Å². The zero-order chi connectivity index (χ0) is 12.4. The van der Waals surface area contributed by atoms with Crippen LogP contribution in [0.1, 0.15) is 13.3 Å². The lowest BCUT2D eigenvalue weighted by Gasteiger charge is -2.24. The van der Waals surface area contributed by atoms with Gasteiger partial charge in [0.25, 0.3) is 0 Å². The van der Waals surface area contributed by atoms with E-state index in [0.29, 0.717) is 6.42 Å². The summed E-state index contributed by atoms with van der Waals surface area (Å²) in [6.07, 6.45) is 0.572. The molecule has 0 radical (unpaired) electrons. The second-order valence-electron chi connectivity index (χ2n) is 4.19. The van der Waals surface area contributed by atoms with E-state index in [4.69, 9.17) is 11.1 Å². The number of hydrogen-bond acceptors (Lipinski definition) is 4. The van der Waals surface area contributed by atoms with E-state index in [2.05, 4.69) is 22.3 Å². The lowest BCUT2D eigenvalue weighted by Crippen LogP contribution is -2.32. The number of benzene rings is 1. The van der Waals surface area contributed by atoms with E-state index < -0.39 is 0 Å². The zero-order valence-corrected chi connectivity index (χ0v) is 10.8. The summed E-state index contributed by atoms with van der Waals surface area (Å²) in [7, 11) is 2.02. The molecule has 3 N–H and O–H groups in total. The number of fused-ring (bicyclic) bond motifs is 1. The second kappa shape index (κ2) is 4.71. The van der Waals surface area contributed by atoms with Gasteiger partial charge in [-0.15, -0.1) is 0 Å². The highest BCUT2D eigenvalue weighted by Crippen LogP contribution is 2.31. The van der Waals surface area contributed by atoms with Crippen LogP contribution in [-0.4, -0.2) is 23.3 Å². The van der Waals surface area contributed by atoms with Crippen LogP contribution >= 0.6 is 11.5 Å². The molecule has 1 aromatic heterocycles. The van der Waals surface area contributed by atoms with Crippen LogP contribution in [0.4, 0.5) is 5.00 Å². The largest absolute Gasteiger partial charge is 0.388 e. The normalized spacial score (nSPS) is 12.6. The molecule has 0 amide bonds. The third kappa shape index (κ3) is 2.39. The van der Waals surface area contributed by atoms with Crippen molar-refractivity contribution in [2.24, 2.45) is 5.73 Å². The molecular formula is C12H16N4S. The first-order chi connectivity index (χ1) is 8.09. The van der Waals surface area contributed by atoms with E-state index in [1.54, 1.807) is 0 Å². The number of anilines is 1. The fraction of sp³-hybridized carbons (Fsp3) is 0.333. The monoisotopic (exact) mass is 248 g/mol. The van der Waals surface area contributed by atoms with E-state index in [1.165, 1.54) is 11.5 Å². The Morgan fingerprint density at radius 1 is 1.53 bits per heavy atom. The Bertz CT molecular complexity index is 534. The van der Waals surface area contributed by atoms with E-state index in [-0.39, 0.29) is 11.9 Å². The van der Waals surface area contributed by atoms with E-state index >= 15 is 0 Å². The van der Waals surface area contributed by atoms with Crippen LogP contribution in [0, 0.1) is 5.41 Å². The molecule has 4 nitrogen and oxygen atoms in total. The number of rotatable bonds is 4. The van der Waals surface area contributed by atoms with Gasteiger partial charge in [0.15, 0.2) is 0 Å². The summed E-state index contributed by atoms with van der Waals surface area (Å²) in [4.78, 5) is 2.14. The van der Waals surface area contributed by atoms with Gasteiger partial charge in [0.1, 0.15) is 5.00 Å². The number of aromatic nitrogens is 1. The third-order valence-electron chi connectivity index (χ3n) is 2.86. The Kier molecular flexibility index (Phi) is 3.28. The van der Waals surface area contributed by atoms with Crippen molar-refractivity contribution in [2.75, 3.05) is 11.9 Å². The fourth-order valence-corrected chi connectivity index (χ4v) is 2.71. The van der Waals surface area contributed by atoms with Crippen molar-refractivity contribution in [2.45, 2.75) is 19.4 Å². The van der Waals surface area contributed by atoms with Gasteiger partial charge >= 0.3 is 0 Å². The molecule has 1 atom stereocenters. The maximum Gasteiger partial charge on any atom is 0.119 e. The lowest BCUT2D eigenvalue weighted by molar-refractivity contribution is 0.715. The van der Waals surface area contributed by atoms with Crippen molar-refractivity contribution in [1.82, 2.24) is 4.37 Å². The molecule has 0 bridgehead atoms. The lowest BCUT2D eigenvalue weighted by atomic mass is 10.2. The number of nitrogens with two attached hydrogens (primary N) is 1. The first kappa shape index (κ1) is 11.9. The summed E-state index contributed by atoms with van der Waals surface area (Å²) in [6.45, 7) is 2.07. The highest BCUT2D eigenvalue weighted by molar-refractivity contribution is 7.11. The highest BCUT2D eigenvalue weighted by Gasteiger charge is 2.15. The zero-order valence-electron chi connectivity index (χ0n) is 9.97. The molecule has 2 aromatic rings. The first-order valence-corrected chi connectivity index (χ1v) is 6.27. The van der Waals surface area contributed by atoms with Gasteiger partial charge in [-0.3, -0.25) is 5.41 Å². The quantitative estimate of drug-likeness (QED) is 0.645. The van der Waals surface area contributed by atoms with Crippen LogP contribution in [0.5, 0.6) is 0 Å². The van der Waals surface area contributed by atoms with Gasteiger partial charge in [0.2, 0.25) is 0 Å². The molecule has 2 rings (SSSR count). The molecule has 0 fully saturated rings. The van der Waals surface area contributed by atoms with Gasteiger partial charge in [-0.2, -0.15) is 4.37 Å². The van der Waals surface area contributed by atoms with E-state index in [9.17, 15) is 0 Å². The van der Waals surface area contributed by atoms with Gasteiger partial charge in [-0.25, -0.2) is 0 Å². The molecule has 0 aliphatic carbocycles. The van der Waals surface area contributed by atoms with Crippen LogP contribution in [0.2, 0.25) is 0 Å². The molecule has 1 aromatic carbocycles. The van der Waals surface area contributed by atoms with E-state index in [0.717, 1.165) is 15.9 Å². The van der Waals surface area contributed by atoms with Crippen LogP contribution in [0.3, 0.4) is 0 Å². The molecule has 1 heterocycles. The van der Waals surface area contributed by atoms with Gasteiger partial charge in [-0.05, 0) is 30.6 Å². The van der Waals surface area contributed by atoms with Gasteiger partial charge in [0, 0.05) is 24.9 Å². The molecule has 0 aliphatic rings. The minimum atomic E-state index is 0.205. The Morgan fingerprint density at radius 2 is 2.24 bits per heavy atom. The predicted molar refractivity (Wildman–Crippen MR) is 74.0 cm³/mol. The van der Waals surface area contributed by atoms with Crippen LogP contribution in [-0.2, 0) is 0 Å². The van der Waals surface area contributed by atoms with Gasteiger partial charge in [-0.1, -0.05) is 12.1 Å². The SMILES string of the molecule is CC(CC(=N)N)N(C)c1snc2ccccc12. The van der Waals surface area contributed by atoms with Gasteiger partial charge < -0.3 is 10.6 Å². The first-order valence-electron chi connectivity index (χ1n) is 5.49. The molecule has 17 heavy (non-hydrogen) atoms. The van der Waals surface area contributed by atoms with Crippen LogP contribution in [0.25, 0.3) is 10.9 Å². The molecule has 0 saturated carbocycles. The Morgan fingerprint density at radius 3 is 2.94 bits per heavy atom. The molecule has 0 aliphatic heterocycles. The van der Waals surface area contributed by atoms with Crippen molar-refractivity contribution in [3.05, 3.63) is 24.3 Å². The topological polar surface area (TPSA) is 66.0 Å². The summed E-state index contributed by atoms with van der Waals surface area (Å²) in [5.41, 5.74) is 6.46. The average molecular weight is 248 g/mol. The summed E-state index contributed by atoms with van der Waals surface area (Å²) in [5.74, 6) is 0.221. The average Bonchev–Trinajstić information content (AvgIpc) is 2.70. The molecule has 90 valence electrons. The fourth-order valence-electron chi connectivity index (χ4n) is 1.79. The highest BCUT2D eigenvalue weighted by atomic mass is 32.1. The maximum atomic E-state index is 7.35. The molecular weight excluding hydrogens is 232 g/mol. The van der Waals surface area contributed by atoms with Crippen molar-refractivity contribution in [3.63, 3.8) is 0 Å². The maximum absolute atomic E-state index is 7.35. The Balaban J connectivity index is 2.30. The minimum Gasteiger partial charge on any atom is -0.388 e. The Labute approximate surface area is 105 Å². The number of nitrogens with one attached hydrogen (secondary N) is 1. The van der Waals surface area contributed by atoms with Crippen LogP contribution < -0.4 is 10.6 Å². The number of hydrogen-bond donors (Lipinski definition) is 2. The van der Waals surface area contributed by atoms with Crippen molar-refractivity contribution >= 4 is 33.3 Å². The minimum absolute atomic E-state index is 0.205. The van der Waals surface area contributed by atoms with Crippen molar-refractivity contribution in [1.29, 1.82) is 5.41 Å². The standard InChI is InChI=1S/C12H16N4S/c1-8(7-11(13)14)16(2)12-9-5-3-4-6-10(9)15-17-12/h3-6,8H,7H2,1-2H3,(H3,13,14). The summed E-state index contributed by atoms with van der Waals surface area (Å²) >= 11 is 1.49. The van der Waals surface area contributed by atoms with Crippen molar-refractivity contribution < 1.29 is 0 Å². The van der Waals surface area contributed by atoms with Gasteiger partial charge in [0.05, 0.1) is 11.4 Å². The smallest absolute Gasteiger partial charge is 0.119 e. The number of nitrogens with zero attached hydrogens (tertiary/aromatic N) is 2. The van der Waals surface area contributed by atoms with Crippen molar-refractivity contribution in [3.8, 4) is 0 Å². The predicted octanol–water partition coefficient (Wildman–Crippen LogP) is 2.45. The number of amidine groups is 1. The summed E-state index contributed by atoms with van der Waals surface area (Å²) in [5, 5.41) is 9.64. The molecule has 1 unspecified atom stereocenters.